The molecular weight excluding hydrogens is 388 g/mol. The molecule has 4 nitrogen and oxygen atoms in total. The van der Waals surface area contributed by atoms with Gasteiger partial charge in [-0.15, -0.1) is 22.7 Å². The summed E-state index contributed by atoms with van der Waals surface area (Å²) in [5.41, 5.74) is 2.10. The molecule has 1 amide bonds. The molecule has 7 heteroatoms. The topological polar surface area (TPSA) is 62.2 Å². The minimum atomic E-state index is -0.135. The highest BCUT2D eigenvalue weighted by atomic mass is 35.5. The molecule has 26 heavy (non-hydrogen) atoms. The van der Waals surface area contributed by atoms with Crippen LogP contribution in [0.15, 0.2) is 54.6 Å². The summed E-state index contributed by atoms with van der Waals surface area (Å²) in [6, 6.07) is 16.4. The van der Waals surface area contributed by atoms with Gasteiger partial charge in [-0.1, -0.05) is 23.7 Å². The van der Waals surface area contributed by atoms with Gasteiger partial charge in [0.2, 0.25) is 5.91 Å². The summed E-state index contributed by atoms with van der Waals surface area (Å²) in [5, 5.41) is 13.8. The Morgan fingerprint density at radius 1 is 1.12 bits per heavy atom. The summed E-state index contributed by atoms with van der Waals surface area (Å²) >= 11 is 8.79. The van der Waals surface area contributed by atoms with Crippen LogP contribution in [0.2, 0.25) is 4.34 Å². The van der Waals surface area contributed by atoms with Gasteiger partial charge >= 0.3 is 0 Å². The van der Waals surface area contributed by atoms with Gasteiger partial charge in [0.25, 0.3) is 0 Å². The lowest BCUT2D eigenvalue weighted by molar-refractivity contribution is -0.115. The number of benzene rings is 2. The van der Waals surface area contributed by atoms with Crippen LogP contribution in [0.1, 0.15) is 4.88 Å². The van der Waals surface area contributed by atoms with E-state index in [1.54, 1.807) is 24.3 Å². The number of para-hydroxylation sites is 1. The van der Waals surface area contributed by atoms with Crippen molar-refractivity contribution in [3.05, 3.63) is 63.8 Å². The highest BCUT2D eigenvalue weighted by Gasteiger charge is 2.13. The van der Waals surface area contributed by atoms with E-state index in [1.165, 1.54) is 22.7 Å². The number of carbonyl (C=O) groups excluding carboxylic acids is 1. The number of aromatic nitrogens is 1. The Balaban J connectivity index is 1.58. The zero-order chi connectivity index (χ0) is 18.1. The molecule has 0 saturated heterocycles. The van der Waals surface area contributed by atoms with Gasteiger partial charge < -0.3 is 10.4 Å². The van der Waals surface area contributed by atoms with Gasteiger partial charge in [0.15, 0.2) is 0 Å². The van der Waals surface area contributed by atoms with E-state index in [-0.39, 0.29) is 18.1 Å². The maximum absolute atomic E-state index is 12.2. The van der Waals surface area contributed by atoms with Crippen LogP contribution in [0.3, 0.4) is 0 Å². The predicted molar refractivity (Wildman–Crippen MR) is 108 cm³/mol. The van der Waals surface area contributed by atoms with Crippen molar-refractivity contribution >= 4 is 56.1 Å². The van der Waals surface area contributed by atoms with E-state index in [0.717, 1.165) is 15.1 Å². The molecule has 4 rings (SSSR count). The molecule has 0 spiro atoms. The Hall–Kier alpha value is -2.41. The minimum Gasteiger partial charge on any atom is -0.507 e. The number of hydrogen-bond donors (Lipinski definition) is 2. The third kappa shape index (κ3) is 3.58. The second-order valence-corrected chi connectivity index (χ2v) is 8.48. The first-order valence-electron chi connectivity index (χ1n) is 7.81. The van der Waals surface area contributed by atoms with Crippen molar-refractivity contribution in [1.29, 1.82) is 0 Å². The Morgan fingerprint density at radius 2 is 1.96 bits per heavy atom. The van der Waals surface area contributed by atoms with Crippen LogP contribution in [0.4, 0.5) is 5.69 Å². The van der Waals surface area contributed by atoms with Crippen molar-refractivity contribution in [3.8, 4) is 16.3 Å². The summed E-state index contributed by atoms with van der Waals surface area (Å²) in [5.74, 6) is -0.00319. The Labute approximate surface area is 162 Å². The zero-order valence-electron chi connectivity index (χ0n) is 13.4. The summed E-state index contributed by atoms with van der Waals surface area (Å²) in [7, 11) is 0. The van der Waals surface area contributed by atoms with E-state index in [1.807, 2.05) is 30.3 Å². The summed E-state index contributed by atoms with van der Waals surface area (Å²) < 4.78 is 1.71. The van der Waals surface area contributed by atoms with Crippen molar-refractivity contribution in [2.24, 2.45) is 0 Å². The number of phenolic OH excluding ortho intramolecular Hbond substituents is 1. The normalized spacial score (nSPS) is 11.0. The molecule has 2 aromatic carbocycles. The molecule has 0 aliphatic rings. The number of amides is 1. The Kier molecular flexibility index (Phi) is 4.63. The SMILES string of the molecule is O=C(Cc1ccc(Cl)s1)Nc1ccc(O)c(-c2nc3ccccc3s2)c1. The molecule has 0 aliphatic carbocycles. The van der Waals surface area contributed by atoms with E-state index in [2.05, 4.69) is 10.3 Å². The van der Waals surface area contributed by atoms with Gasteiger partial charge in [-0.3, -0.25) is 4.79 Å². The van der Waals surface area contributed by atoms with Crippen LogP contribution in [0.5, 0.6) is 5.75 Å². The first-order valence-corrected chi connectivity index (χ1v) is 9.82. The predicted octanol–water partition coefficient (Wildman–Crippen LogP) is 5.57. The average Bonchev–Trinajstić information content (AvgIpc) is 3.22. The van der Waals surface area contributed by atoms with Gasteiger partial charge in [0.05, 0.1) is 26.5 Å². The van der Waals surface area contributed by atoms with Crippen LogP contribution >= 0.6 is 34.3 Å². The number of halogens is 1. The van der Waals surface area contributed by atoms with E-state index in [0.29, 0.717) is 20.6 Å². The van der Waals surface area contributed by atoms with Crippen LogP contribution in [-0.2, 0) is 11.2 Å². The molecule has 0 radical (unpaired) electrons. The largest absolute Gasteiger partial charge is 0.507 e. The number of nitrogens with one attached hydrogen (secondary N) is 1. The number of fused-ring (bicyclic) bond motifs is 1. The number of aromatic hydroxyl groups is 1. The molecule has 2 N–H and O–H groups in total. The fraction of sp³-hybridized carbons (Fsp3) is 0.0526. The zero-order valence-corrected chi connectivity index (χ0v) is 15.8. The molecule has 130 valence electrons. The fourth-order valence-corrected chi connectivity index (χ4v) is 4.66. The first kappa shape index (κ1) is 17.0. The van der Waals surface area contributed by atoms with Crippen molar-refractivity contribution in [3.63, 3.8) is 0 Å². The van der Waals surface area contributed by atoms with Gasteiger partial charge in [0, 0.05) is 10.6 Å². The summed E-state index contributed by atoms with van der Waals surface area (Å²) in [4.78, 5) is 17.7. The molecule has 0 unspecified atom stereocenters. The quantitative estimate of drug-likeness (QED) is 0.440. The molecule has 4 aromatic rings. The molecule has 0 fully saturated rings. The maximum Gasteiger partial charge on any atom is 0.229 e. The number of anilines is 1. The summed E-state index contributed by atoms with van der Waals surface area (Å²) in [6.45, 7) is 0. The first-order chi connectivity index (χ1) is 12.6. The maximum atomic E-state index is 12.2. The second-order valence-electron chi connectivity index (χ2n) is 5.65. The number of thiophene rings is 1. The van der Waals surface area contributed by atoms with Crippen LogP contribution < -0.4 is 5.32 Å². The molecule has 2 aromatic heterocycles. The lowest BCUT2D eigenvalue weighted by Crippen LogP contribution is -2.13. The fourth-order valence-electron chi connectivity index (χ4n) is 2.58. The Bertz CT molecular complexity index is 1070. The van der Waals surface area contributed by atoms with Crippen molar-refractivity contribution in [2.45, 2.75) is 6.42 Å². The number of nitrogens with zero attached hydrogens (tertiary/aromatic N) is 1. The minimum absolute atomic E-state index is 0.132. The van der Waals surface area contributed by atoms with Gasteiger partial charge in [-0.2, -0.15) is 0 Å². The van der Waals surface area contributed by atoms with Crippen LogP contribution in [-0.4, -0.2) is 16.0 Å². The van der Waals surface area contributed by atoms with E-state index < -0.39 is 0 Å². The van der Waals surface area contributed by atoms with Crippen molar-refractivity contribution in [1.82, 2.24) is 4.98 Å². The highest BCUT2D eigenvalue weighted by molar-refractivity contribution is 7.21. The Morgan fingerprint density at radius 3 is 2.73 bits per heavy atom. The van der Waals surface area contributed by atoms with E-state index in [4.69, 9.17) is 11.6 Å². The van der Waals surface area contributed by atoms with Crippen LogP contribution in [0, 0.1) is 0 Å². The summed E-state index contributed by atoms with van der Waals surface area (Å²) in [6.07, 6.45) is 0.259. The third-order valence-corrected chi connectivity index (χ3v) is 6.07. The molecule has 0 aliphatic heterocycles. The highest BCUT2D eigenvalue weighted by Crippen LogP contribution is 2.36. The van der Waals surface area contributed by atoms with Gasteiger partial charge in [0.1, 0.15) is 10.8 Å². The molecule has 0 bridgehead atoms. The monoisotopic (exact) mass is 400 g/mol. The van der Waals surface area contributed by atoms with E-state index in [9.17, 15) is 9.90 Å². The van der Waals surface area contributed by atoms with Crippen LogP contribution in [0.25, 0.3) is 20.8 Å². The lowest BCUT2D eigenvalue weighted by atomic mass is 10.1. The van der Waals surface area contributed by atoms with Gasteiger partial charge in [-0.05, 0) is 42.5 Å². The molecular formula is C19H13ClN2O2S2. The lowest BCUT2D eigenvalue weighted by Gasteiger charge is -2.07. The number of phenols is 1. The molecule has 0 atom stereocenters. The molecule has 0 saturated carbocycles. The molecule has 2 heterocycles. The van der Waals surface area contributed by atoms with Gasteiger partial charge in [-0.25, -0.2) is 4.98 Å². The van der Waals surface area contributed by atoms with E-state index >= 15 is 0 Å². The third-order valence-electron chi connectivity index (χ3n) is 3.77. The smallest absolute Gasteiger partial charge is 0.229 e. The van der Waals surface area contributed by atoms with Crippen molar-refractivity contribution in [2.75, 3.05) is 5.32 Å². The number of hydrogen-bond acceptors (Lipinski definition) is 5. The van der Waals surface area contributed by atoms with Crippen molar-refractivity contribution < 1.29 is 9.90 Å². The number of thiazole rings is 1. The average molecular weight is 401 g/mol. The second kappa shape index (κ2) is 7.07. The number of rotatable bonds is 4. The standard InChI is InChI=1S/C19H13ClN2O2S2/c20-17-8-6-12(25-17)10-18(24)21-11-5-7-15(23)13(9-11)19-22-14-3-1-2-4-16(14)26-19/h1-9,23H,10H2,(H,21,24). The number of carbonyl (C=O) groups is 1.